The Morgan fingerprint density at radius 3 is 1.67 bits per heavy atom. The molecule has 4 N–H and O–H groups in total. The highest BCUT2D eigenvalue weighted by atomic mass is 16.7. The van der Waals surface area contributed by atoms with Gasteiger partial charge in [-0.15, -0.1) is 0 Å². The average molecular weight is 763 g/mol. The Bertz CT molecular complexity index is 1070. The second-order valence-electron chi connectivity index (χ2n) is 14.1. The van der Waals surface area contributed by atoms with Gasteiger partial charge in [-0.1, -0.05) is 139 Å². The maximum atomic E-state index is 12.7. The van der Waals surface area contributed by atoms with E-state index >= 15 is 0 Å². The number of rotatable bonds is 33. The minimum Gasteiger partial charge on any atom is -0.462 e. The van der Waals surface area contributed by atoms with E-state index in [1.807, 2.05) is 18.2 Å². The van der Waals surface area contributed by atoms with Crippen molar-refractivity contribution in [2.24, 2.45) is 0 Å². The molecule has 1 aliphatic rings. The Morgan fingerprint density at radius 2 is 1.09 bits per heavy atom. The predicted octanol–water partition coefficient (Wildman–Crippen LogP) is 8.27. The molecule has 1 fully saturated rings. The minimum absolute atomic E-state index is 0.198. The Kier molecular flexibility index (Phi) is 31.9. The molecule has 1 aliphatic heterocycles. The quantitative estimate of drug-likeness (QED) is 0.0292. The average Bonchev–Trinajstić information content (AvgIpc) is 3.17. The van der Waals surface area contributed by atoms with Crippen molar-refractivity contribution < 1.29 is 49.0 Å². The van der Waals surface area contributed by atoms with Crippen molar-refractivity contribution in [2.75, 3.05) is 19.8 Å². The first kappa shape index (κ1) is 49.4. The summed E-state index contributed by atoms with van der Waals surface area (Å²) in [6.45, 7) is 3.21. The zero-order chi connectivity index (χ0) is 39.5. The number of aliphatic hydroxyl groups excluding tert-OH is 4. The fraction of sp³-hybridized carbons (Fsp3) is 0.727. The van der Waals surface area contributed by atoms with Gasteiger partial charge in [-0.2, -0.15) is 0 Å². The lowest BCUT2D eigenvalue weighted by molar-refractivity contribution is -0.305. The van der Waals surface area contributed by atoms with E-state index in [0.717, 1.165) is 64.2 Å². The summed E-state index contributed by atoms with van der Waals surface area (Å²) in [6.07, 6.45) is 33.7. The van der Waals surface area contributed by atoms with Crippen LogP contribution in [0, 0.1) is 0 Å². The van der Waals surface area contributed by atoms with E-state index in [1.165, 1.54) is 44.9 Å². The molecule has 10 heteroatoms. The maximum Gasteiger partial charge on any atom is 0.306 e. The molecule has 0 spiro atoms. The Hall–Kier alpha value is -2.60. The van der Waals surface area contributed by atoms with Gasteiger partial charge in [-0.3, -0.25) is 9.59 Å². The first-order valence-corrected chi connectivity index (χ1v) is 20.9. The maximum absolute atomic E-state index is 12.7. The zero-order valence-corrected chi connectivity index (χ0v) is 33.4. The van der Waals surface area contributed by atoms with E-state index in [2.05, 4.69) is 56.4 Å². The van der Waals surface area contributed by atoms with Gasteiger partial charge in [0, 0.05) is 12.8 Å². The van der Waals surface area contributed by atoms with Crippen molar-refractivity contribution in [3.8, 4) is 0 Å². The smallest absolute Gasteiger partial charge is 0.306 e. The van der Waals surface area contributed by atoms with Crippen LogP contribution in [0.2, 0.25) is 0 Å². The van der Waals surface area contributed by atoms with Crippen LogP contribution in [-0.4, -0.2) is 89.0 Å². The summed E-state index contributed by atoms with van der Waals surface area (Å²) in [4.78, 5) is 25.2. The van der Waals surface area contributed by atoms with Gasteiger partial charge in [0.05, 0.1) is 13.2 Å². The first-order valence-electron chi connectivity index (χ1n) is 20.9. The molecule has 0 aromatic carbocycles. The van der Waals surface area contributed by atoms with Gasteiger partial charge in [0.25, 0.3) is 0 Å². The standard InChI is InChI=1S/C44H74O10/c1-3-5-7-9-11-13-15-17-18-19-21-22-24-26-28-30-32-39(46)51-35-37(36-52-44-43(50)42(49)41(48)38(34-45)54-44)53-40(47)33-31-29-27-25-23-20-16-14-12-10-8-6-4-2/h6,8,10,12,14,16,18-19,21-22,37-38,41-45,48-50H,3-5,7,9,11,13,15,17,20,23-36H2,1-2H3/b8-6+,12-10+,16-14+,19-18+,22-21+/t37?,38-,41+,42?,43?,44-/m0/s1. The number of carbonyl (C=O) groups is 2. The zero-order valence-electron chi connectivity index (χ0n) is 33.4. The summed E-state index contributed by atoms with van der Waals surface area (Å²) in [5.41, 5.74) is 0. The molecule has 6 atom stereocenters. The predicted molar refractivity (Wildman–Crippen MR) is 215 cm³/mol. The summed E-state index contributed by atoms with van der Waals surface area (Å²) in [5, 5.41) is 40.0. The molecular formula is C44H74O10. The van der Waals surface area contributed by atoms with Gasteiger partial charge < -0.3 is 39.4 Å². The van der Waals surface area contributed by atoms with Crippen molar-refractivity contribution in [3.05, 3.63) is 60.8 Å². The lowest BCUT2D eigenvalue weighted by Crippen LogP contribution is -2.59. The van der Waals surface area contributed by atoms with Gasteiger partial charge in [0.2, 0.25) is 0 Å². The third-order valence-corrected chi connectivity index (χ3v) is 9.23. The molecule has 3 unspecified atom stereocenters. The van der Waals surface area contributed by atoms with Gasteiger partial charge in [0.15, 0.2) is 12.4 Å². The third kappa shape index (κ3) is 26.2. The normalized spacial score (nSPS) is 21.3. The Balaban J connectivity index is 2.40. The number of unbranched alkanes of at least 4 members (excludes halogenated alkanes) is 15. The number of hydrogen-bond donors (Lipinski definition) is 4. The second kappa shape index (κ2) is 34.9. The fourth-order valence-corrected chi connectivity index (χ4v) is 5.88. The van der Waals surface area contributed by atoms with Crippen LogP contribution < -0.4 is 0 Å². The van der Waals surface area contributed by atoms with Crippen molar-refractivity contribution in [3.63, 3.8) is 0 Å². The number of allylic oxidation sites excluding steroid dienone is 10. The molecule has 0 saturated carbocycles. The molecule has 1 saturated heterocycles. The van der Waals surface area contributed by atoms with Gasteiger partial charge in [-0.05, 0) is 57.8 Å². The van der Waals surface area contributed by atoms with Gasteiger partial charge >= 0.3 is 11.9 Å². The van der Waals surface area contributed by atoms with Gasteiger partial charge in [0.1, 0.15) is 31.0 Å². The van der Waals surface area contributed by atoms with Crippen LogP contribution in [0.4, 0.5) is 0 Å². The third-order valence-electron chi connectivity index (χ3n) is 9.23. The molecule has 310 valence electrons. The molecule has 0 amide bonds. The van der Waals surface area contributed by atoms with Crippen LogP contribution in [0.5, 0.6) is 0 Å². The van der Waals surface area contributed by atoms with Gasteiger partial charge in [-0.25, -0.2) is 0 Å². The molecular weight excluding hydrogens is 688 g/mol. The topological polar surface area (TPSA) is 152 Å². The summed E-state index contributed by atoms with van der Waals surface area (Å²) in [5.74, 6) is -0.868. The SMILES string of the molecule is CC/C=C/C=C/C=C/CCCCCCCC(=O)OC(COC(=O)CCCCC/C=C/C=C/CCCCCCCCC)CO[C@H]1O[C@@H](CO)[C@@H](O)C(O)C1O. The number of ether oxygens (including phenoxy) is 4. The van der Waals surface area contributed by atoms with Crippen LogP contribution >= 0.6 is 0 Å². The van der Waals surface area contributed by atoms with Crippen molar-refractivity contribution >= 4 is 11.9 Å². The van der Waals surface area contributed by atoms with E-state index in [9.17, 15) is 30.0 Å². The Labute approximate surface area is 326 Å². The summed E-state index contributed by atoms with van der Waals surface area (Å²) >= 11 is 0. The molecule has 0 aromatic heterocycles. The van der Waals surface area contributed by atoms with E-state index in [1.54, 1.807) is 0 Å². The van der Waals surface area contributed by atoms with Crippen LogP contribution in [0.3, 0.4) is 0 Å². The Morgan fingerprint density at radius 1 is 0.593 bits per heavy atom. The lowest BCUT2D eigenvalue weighted by Gasteiger charge is -2.39. The fourth-order valence-electron chi connectivity index (χ4n) is 5.88. The molecule has 1 rings (SSSR count). The number of aliphatic hydroxyl groups is 4. The van der Waals surface area contributed by atoms with Crippen LogP contribution in [0.25, 0.3) is 0 Å². The molecule has 0 bridgehead atoms. The highest BCUT2D eigenvalue weighted by molar-refractivity contribution is 5.70. The van der Waals surface area contributed by atoms with Crippen molar-refractivity contribution in [1.82, 2.24) is 0 Å². The van der Waals surface area contributed by atoms with Crippen LogP contribution in [0.1, 0.15) is 149 Å². The summed E-state index contributed by atoms with van der Waals surface area (Å²) in [6, 6.07) is 0. The van der Waals surface area contributed by atoms with Crippen molar-refractivity contribution in [2.45, 2.75) is 185 Å². The van der Waals surface area contributed by atoms with E-state index < -0.39 is 55.4 Å². The molecule has 0 aromatic rings. The largest absolute Gasteiger partial charge is 0.462 e. The van der Waals surface area contributed by atoms with Crippen molar-refractivity contribution in [1.29, 1.82) is 0 Å². The molecule has 0 radical (unpaired) electrons. The molecule has 0 aliphatic carbocycles. The van der Waals surface area contributed by atoms with E-state index in [0.29, 0.717) is 12.8 Å². The molecule has 10 nitrogen and oxygen atoms in total. The number of esters is 2. The van der Waals surface area contributed by atoms with E-state index in [4.69, 9.17) is 18.9 Å². The van der Waals surface area contributed by atoms with E-state index in [-0.39, 0.29) is 26.1 Å². The summed E-state index contributed by atoms with van der Waals surface area (Å²) in [7, 11) is 0. The monoisotopic (exact) mass is 763 g/mol. The minimum atomic E-state index is -1.60. The number of carbonyl (C=O) groups excluding carboxylic acids is 2. The van der Waals surface area contributed by atoms with Crippen LogP contribution in [-0.2, 0) is 28.5 Å². The lowest BCUT2D eigenvalue weighted by atomic mass is 9.99. The molecule has 1 heterocycles. The summed E-state index contributed by atoms with van der Waals surface area (Å²) < 4.78 is 22.0. The van der Waals surface area contributed by atoms with Crippen LogP contribution in [0.15, 0.2) is 60.8 Å². The highest BCUT2D eigenvalue weighted by Gasteiger charge is 2.44. The second-order valence-corrected chi connectivity index (χ2v) is 14.1. The first-order chi connectivity index (χ1) is 26.3. The highest BCUT2D eigenvalue weighted by Crippen LogP contribution is 2.22. The number of hydrogen-bond acceptors (Lipinski definition) is 10. The molecule has 54 heavy (non-hydrogen) atoms.